The first-order valence-corrected chi connectivity index (χ1v) is 9.33. The van der Waals surface area contributed by atoms with Gasteiger partial charge in [0.1, 0.15) is 13.2 Å². The Morgan fingerprint density at radius 2 is 1.65 bits per heavy atom. The third kappa shape index (κ3) is 4.37. The van der Waals surface area contributed by atoms with Crippen LogP contribution in [0.1, 0.15) is 43.5 Å². The van der Waals surface area contributed by atoms with Crippen LogP contribution in [0.4, 0.5) is 0 Å². The van der Waals surface area contributed by atoms with Crippen LogP contribution < -0.4 is 14.8 Å². The van der Waals surface area contributed by atoms with Gasteiger partial charge in [0.2, 0.25) is 5.91 Å². The van der Waals surface area contributed by atoms with Gasteiger partial charge in [0.25, 0.3) is 0 Å². The summed E-state index contributed by atoms with van der Waals surface area (Å²) in [6.07, 6.45) is 1.34. The van der Waals surface area contributed by atoms with Gasteiger partial charge in [-0.15, -0.1) is 0 Å². The highest BCUT2D eigenvalue weighted by Crippen LogP contribution is 2.31. The highest BCUT2D eigenvalue weighted by Gasteiger charge is 2.19. The Balaban J connectivity index is 1.68. The first-order chi connectivity index (χ1) is 12.6. The van der Waals surface area contributed by atoms with Crippen LogP contribution in [0.5, 0.6) is 11.5 Å². The van der Waals surface area contributed by atoms with Gasteiger partial charge in [-0.25, -0.2) is 0 Å². The van der Waals surface area contributed by atoms with Crippen molar-refractivity contribution < 1.29 is 14.3 Å². The first-order valence-electron chi connectivity index (χ1n) is 9.33. The number of carbonyl (C=O) groups excluding carboxylic acids is 1. The molecule has 0 saturated carbocycles. The van der Waals surface area contributed by atoms with Crippen molar-refractivity contribution in [1.29, 1.82) is 0 Å². The van der Waals surface area contributed by atoms with E-state index in [0.29, 0.717) is 25.6 Å². The summed E-state index contributed by atoms with van der Waals surface area (Å²) in [7, 11) is 0. The zero-order valence-corrected chi connectivity index (χ0v) is 15.7. The number of hydrogen-bond acceptors (Lipinski definition) is 3. The van der Waals surface area contributed by atoms with E-state index in [9.17, 15) is 4.79 Å². The minimum atomic E-state index is 0.00520. The fourth-order valence-electron chi connectivity index (χ4n) is 3.20. The molecule has 0 aromatic heterocycles. The molecule has 0 bridgehead atoms. The largest absolute Gasteiger partial charge is 0.486 e. The number of nitrogens with one attached hydrogen (secondary N) is 1. The van der Waals surface area contributed by atoms with Crippen molar-refractivity contribution in [2.24, 2.45) is 5.92 Å². The van der Waals surface area contributed by atoms with Gasteiger partial charge in [0.15, 0.2) is 11.5 Å². The maximum Gasteiger partial charge on any atom is 0.224 e. The Hall–Kier alpha value is -2.49. The number of amides is 1. The Morgan fingerprint density at radius 1 is 1.00 bits per heavy atom. The van der Waals surface area contributed by atoms with Gasteiger partial charge >= 0.3 is 0 Å². The summed E-state index contributed by atoms with van der Waals surface area (Å²) in [4.78, 5) is 12.6. The first kappa shape index (κ1) is 18.3. The van der Waals surface area contributed by atoms with E-state index in [1.54, 1.807) is 0 Å². The molecule has 1 aliphatic rings. The van der Waals surface area contributed by atoms with Crippen LogP contribution in [0.25, 0.3) is 0 Å². The molecular formula is C22H27NO3. The average Bonchev–Trinajstić information content (AvgIpc) is 2.66. The highest BCUT2D eigenvalue weighted by molar-refractivity contribution is 5.79. The molecule has 0 fully saturated rings. The molecule has 4 nitrogen and oxygen atoms in total. The Bertz CT molecular complexity index is 752. The topological polar surface area (TPSA) is 47.6 Å². The summed E-state index contributed by atoms with van der Waals surface area (Å²) < 4.78 is 11.1. The molecule has 2 aromatic rings. The molecule has 1 aliphatic heterocycles. The van der Waals surface area contributed by atoms with Gasteiger partial charge in [-0.1, -0.05) is 51.1 Å². The molecule has 1 atom stereocenters. The lowest BCUT2D eigenvalue weighted by atomic mass is 9.94. The quantitative estimate of drug-likeness (QED) is 0.851. The maximum absolute atomic E-state index is 12.6. The molecule has 1 heterocycles. The van der Waals surface area contributed by atoms with E-state index in [1.165, 1.54) is 5.56 Å². The van der Waals surface area contributed by atoms with Crippen LogP contribution in [0.3, 0.4) is 0 Å². The Morgan fingerprint density at radius 3 is 2.31 bits per heavy atom. The monoisotopic (exact) mass is 353 g/mol. The lowest BCUT2D eigenvalue weighted by molar-refractivity contribution is -0.121. The molecule has 0 radical (unpaired) electrons. The van der Waals surface area contributed by atoms with E-state index >= 15 is 0 Å². The second kappa shape index (κ2) is 8.26. The number of fused-ring (bicyclic) bond motifs is 1. The summed E-state index contributed by atoms with van der Waals surface area (Å²) >= 11 is 0. The van der Waals surface area contributed by atoms with Crippen molar-refractivity contribution in [2.75, 3.05) is 13.2 Å². The standard InChI is InChI=1S/C22H27NO3/c1-4-16-5-8-18(9-6-16)22(15(2)3)23-21(24)14-17-7-10-19-20(13-17)26-12-11-25-19/h5-10,13,15,22H,4,11-12,14H2,1-3H3,(H,23,24). The fourth-order valence-corrected chi connectivity index (χ4v) is 3.20. The van der Waals surface area contributed by atoms with Crippen molar-refractivity contribution in [1.82, 2.24) is 5.32 Å². The maximum atomic E-state index is 12.6. The molecule has 2 aromatic carbocycles. The molecule has 1 unspecified atom stereocenters. The lowest BCUT2D eigenvalue weighted by Crippen LogP contribution is -2.32. The summed E-state index contributed by atoms with van der Waals surface area (Å²) in [6, 6.07) is 14.2. The Labute approximate surface area is 155 Å². The van der Waals surface area contributed by atoms with Crippen LogP contribution in [-0.4, -0.2) is 19.1 Å². The number of ether oxygens (including phenoxy) is 2. The average molecular weight is 353 g/mol. The molecule has 138 valence electrons. The summed E-state index contributed by atoms with van der Waals surface area (Å²) in [5.41, 5.74) is 3.38. The molecular weight excluding hydrogens is 326 g/mol. The van der Waals surface area contributed by atoms with Crippen LogP contribution in [0.2, 0.25) is 0 Å². The van der Waals surface area contributed by atoms with Crippen LogP contribution in [-0.2, 0) is 17.6 Å². The predicted octanol–water partition coefficient (Wildman–Crippen LogP) is 4.08. The molecule has 0 aliphatic carbocycles. The third-order valence-electron chi connectivity index (χ3n) is 4.70. The SMILES string of the molecule is CCc1ccc(C(NC(=O)Cc2ccc3c(c2)OCCO3)C(C)C)cc1. The van der Waals surface area contributed by atoms with Gasteiger partial charge in [-0.2, -0.15) is 0 Å². The van der Waals surface area contributed by atoms with Gasteiger partial charge < -0.3 is 14.8 Å². The molecule has 1 amide bonds. The van der Waals surface area contributed by atoms with Crippen molar-refractivity contribution in [3.8, 4) is 11.5 Å². The van der Waals surface area contributed by atoms with Crippen LogP contribution in [0.15, 0.2) is 42.5 Å². The summed E-state index contributed by atoms with van der Waals surface area (Å²) in [5.74, 6) is 1.79. The van der Waals surface area contributed by atoms with Crippen molar-refractivity contribution in [3.05, 3.63) is 59.2 Å². The van der Waals surface area contributed by atoms with Crippen LogP contribution in [0, 0.1) is 5.92 Å². The minimum absolute atomic E-state index is 0.00520. The van der Waals surface area contributed by atoms with E-state index in [-0.39, 0.29) is 11.9 Å². The second-order valence-electron chi connectivity index (χ2n) is 7.04. The van der Waals surface area contributed by atoms with Crippen molar-refractivity contribution in [3.63, 3.8) is 0 Å². The number of rotatable bonds is 6. The molecule has 4 heteroatoms. The smallest absolute Gasteiger partial charge is 0.224 e. The normalized spacial score (nSPS) is 14.2. The zero-order chi connectivity index (χ0) is 18.5. The summed E-state index contributed by atoms with van der Waals surface area (Å²) in [5, 5.41) is 3.19. The van der Waals surface area contributed by atoms with E-state index in [4.69, 9.17) is 9.47 Å². The van der Waals surface area contributed by atoms with E-state index in [2.05, 4.69) is 50.4 Å². The predicted molar refractivity (Wildman–Crippen MR) is 103 cm³/mol. The molecule has 0 saturated heterocycles. The number of aryl methyl sites for hydroxylation is 1. The van der Waals surface area contributed by atoms with Gasteiger partial charge in [-0.05, 0) is 41.2 Å². The zero-order valence-electron chi connectivity index (χ0n) is 15.7. The Kier molecular flexibility index (Phi) is 5.82. The van der Waals surface area contributed by atoms with E-state index in [1.807, 2.05) is 18.2 Å². The van der Waals surface area contributed by atoms with Gasteiger partial charge in [0, 0.05) is 0 Å². The van der Waals surface area contributed by atoms with Gasteiger partial charge in [-0.3, -0.25) is 4.79 Å². The molecule has 3 rings (SSSR count). The highest BCUT2D eigenvalue weighted by atomic mass is 16.6. The fraction of sp³-hybridized carbons (Fsp3) is 0.409. The van der Waals surface area contributed by atoms with E-state index in [0.717, 1.165) is 29.0 Å². The minimum Gasteiger partial charge on any atom is -0.486 e. The van der Waals surface area contributed by atoms with E-state index < -0.39 is 0 Å². The number of benzene rings is 2. The van der Waals surface area contributed by atoms with Crippen molar-refractivity contribution in [2.45, 2.75) is 39.7 Å². The van der Waals surface area contributed by atoms with Crippen molar-refractivity contribution >= 4 is 5.91 Å². The summed E-state index contributed by atoms with van der Waals surface area (Å²) in [6.45, 7) is 7.51. The lowest BCUT2D eigenvalue weighted by Gasteiger charge is -2.23. The van der Waals surface area contributed by atoms with Gasteiger partial charge in [0.05, 0.1) is 12.5 Å². The van der Waals surface area contributed by atoms with Crippen LogP contribution >= 0.6 is 0 Å². The molecule has 0 spiro atoms. The number of hydrogen-bond donors (Lipinski definition) is 1. The molecule has 1 N–H and O–H groups in total. The third-order valence-corrected chi connectivity index (χ3v) is 4.70. The molecule has 26 heavy (non-hydrogen) atoms. The second-order valence-corrected chi connectivity index (χ2v) is 7.04. The number of carbonyl (C=O) groups is 1.